The lowest BCUT2D eigenvalue weighted by Crippen LogP contribution is -2.48. The molecular formula is C9H15ClN4. The van der Waals surface area contributed by atoms with E-state index in [-0.39, 0.29) is 12.4 Å². The summed E-state index contributed by atoms with van der Waals surface area (Å²) in [6.45, 7) is 0. The van der Waals surface area contributed by atoms with Crippen LogP contribution in [-0.4, -0.2) is 25.0 Å². The monoisotopic (exact) mass is 214 g/mol. The van der Waals surface area contributed by atoms with E-state index < -0.39 is 0 Å². The summed E-state index contributed by atoms with van der Waals surface area (Å²) in [4.78, 5) is 0. The van der Waals surface area contributed by atoms with Crippen LogP contribution >= 0.6 is 12.4 Å². The molecule has 1 rings (SSSR count). The zero-order valence-electron chi connectivity index (χ0n) is 8.24. The molecule has 1 aromatic rings. The van der Waals surface area contributed by atoms with Crippen molar-refractivity contribution in [3.8, 4) is 0 Å². The summed E-state index contributed by atoms with van der Waals surface area (Å²) in [7, 11) is 3.52. The molecular weight excluding hydrogens is 200 g/mol. The van der Waals surface area contributed by atoms with Crippen LogP contribution < -0.4 is 10.9 Å². The van der Waals surface area contributed by atoms with E-state index >= 15 is 0 Å². The number of nitrogens with zero attached hydrogens (tertiary/aromatic N) is 1. The van der Waals surface area contributed by atoms with Gasteiger partial charge in [0.05, 0.1) is 0 Å². The Kier molecular flexibility index (Phi) is 5.87. The van der Waals surface area contributed by atoms with E-state index in [2.05, 4.69) is 10.9 Å². The third-order valence-corrected chi connectivity index (χ3v) is 1.72. The van der Waals surface area contributed by atoms with Gasteiger partial charge >= 0.3 is 0 Å². The lowest BCUT2D eigenvalue weighted by Gasteiger charge is -2.21. The van der Waals surface area contributed by atoms with Gasteiger partial charge in [-0.1, -0.05) is 30.3 Å². The first-order valence-electron chi connectivity index (χ1n) is 4.08. The van der Waals surface area contributed by atoms with Gasteiger partial charge in [-0.15, -0.1) is 12.4 Å². The summed E-state index contributed by atoms with van der Waals surface area (Å²) in [5.74, 6) is 0.394. The third kappa shape index (κ3) is 2.99. The standard InChI is InChI=1S/C9H14N4.ClH/c1-11-13(12-2)9(10)8-6-4-3-5-7-8;/h3-7,10-12H,1-2H3;1H. The van der Waals surface area contributed by atoms with Crippen LogP contribution in [0.15, 0.2) is 30.3 Å². The molecule has 0 aromatic heterocycles. The summed E-state index contributed by atoms with van der Waals surface area (Å²) >= 11 is 0. The molecule has 14 heavy (non-hydrogen) atoms. The Hall–Kier alpha value is -1.10. The van der Waals surface area contributed by atoms with Crippen LogP contribution in [0.5, 0.6) is 0 Å². The van der Waals surface area contributed by atoms with E-state index in [1.807, 2.05) is 30.3 Å². The van der Waals surface area contributed by atoms with Crippen molar-refractivity contribution >= 4 is 18.2 Å². The lowest BCUT2D eigenvalue weighted by atomic mass is 10.2. The zero-order chi connectivity index (χ0) is 9.68. The molecule has 0 unspecified atom stereocenters. The van der Waals surface area contributed by atoms with E-state index in [1.54, 1.807) is 14.1 Å². The second-order valence-electron chi connectivity index (χ2n) is 2.50. The first kappa shape index (κ1) is 12.9. The molecule has 0 fully saturated rings. The van der Waals surface area contributed by atoms with E-state index in [1.165, 1.54) is 5.12 Å². The highest BCUT2D eigenvalue weighted by Crippen LogP contribution is 2.00. The van der Waals surface area contributed by atoms with Gasteiger partial charge in [0.25, 0.3) is 0 Å². The first-order valence-corrected chi connectivity index (χ1v) is 4.08. The summed E-state index contributed by atoms with van der Waals surface area (Å²) in [5, 5.41) is 9.32. The predicted octanol–water partition coefficient (Wildman–Crippen LogP) is 1.00. The Bertz CT molecular complexity index is 271. The largest absolute Gasteiger partial charge is 0.282 e. The molecule has 4 nitrogen and oxygen atoms in total. The SMILES string of the molecule is CNN(NC)C(=N)c1ccccc1.Cl. The Morgan fingerprint density at radius 3 is 2.07 bits per heavy atom. The van der Waals surface area contributed by atoms with E-state index in [9.17, 15) is 0 Å². The fourth-order valence-electron chi connectivity index (χ4n) is 1.06. The van der Waals surface area contributed by atoms with Gasteiger partial charge in [0.15, 0.2) is 5.84 Å². The Balaban J connectivity index is 0.00000169. The highest BCUT2D eigenvalue weighted by atomic mass is 35.5. The number of benzene rings is 1. The second kappa shape index (κ2) is 6.37. The number of hydrazine groups is 2. The molecule has 78 valence electrons. The van der Waals surface area contributed by atoms with Crippen LogP contribution in [0.3, 0.4) is 0 Å². The fourth-order valence-corrected chi connectivity index (χ4v) is 1.06. The first-order chi connectivity index (χ1) is 6.29. The van der Waals surface area contributed by atoms with Crippen LogP contribution in [-0.2, 0) is 0 Å². The van der Waals surface area contributed by atoms with Crippen molar-refractivity contribution in [1.29, 1.82) is 5.41 Å². The van der Waals surface area contributed by atoms with Crippen molar-refractivity contribution in [3.63, 3.8) is 0 Å². The molecule has 0 saturated heterocycles. The average Bonchev–Trinajstić information content (AvgIpc) is 2.21. The summed E-state index contributed by atoms with van der Waals surface area (Å²) in [6.07, 6.45) is 0. The minimum Gasteiger partial charge on any atom is -0.282 e. The normalized spacial score (nSPS) is 9.00. The van der Waals surface area contributed by atoms with Gasteiger partial charge in [0.2, 0.25) is 0 Å². The number of rotatable bonds is 3. The van der Waals surface area contributed by atoms with Crippen LogP contribution in [0, 0.1) is 5.41 Å². The maximum Gasteiger partial charge on any atom is 0.158 e. The molecule has 0 atom stereocenters. The van der Waals surface area contributed by atoms with Gasteiger partial charge in [-0.3, -0.25) is 5.41 Å². The molecule has 0 aliphatic heterocycles. The molecule has 0 heterocycles. The molecule has 0 aliphatic carbocycles. The van der Waals surface area contributed by atoms with Gasteiger partial charge in [-0.2, -0.15) is 0 Å². The van der Waals surface area contributed by atoms with Gasteiger partial charge in [-0.05, 0) is 0 Å². The Morgan fingerprint density at radius 2 is 1.64 bits per heavy atom. The van der Waals surface area contributed by atoms with Crippen LogP contribution in [0.4, 0.5) is 0 Å². The molecule has 0 aliphatic rings. The molecule has 0 amide bonds. The molecule has 0 saturated carbocycles. The van der Waals surface area contributed by atoms with Crippen molar-refractivity contribution in [2.45, 2.75) is 0 Å². The topological polar surface area (TPSA) is 51.1 Å². The Labute approximate surface area is 90.2 Å². The molecule has 0 radical (unpaired) electrons. The van der Waals surface area contributed by atoms with Gasteiger partial charge < -0.3 is 0 Å². The minimum atomic E-state index is 0. The summed E-state index contributed by atoms with van der Waals surface area (Å²) in [5.41, 5.74) is 6.56. The van der Waals surface area contributed by atoms with E-state index in [4.69, 9.17) is 5.41 Å². The maximum atomic E-state index is 7.79. The minimum absolute atomic E-state index is 0. The van der Waals surface area contributed by atoms with Crippen molar-refractivity contribution in [1.82, 2.24) is 16.0 Å². The quantitative estimate of drug-likeness (QED) is 0.400. The van der Waals surface area contributed by atoms with Crippen LogP contribution in [0.2, 0.25) is 0 Å². The smallest absolute Gasteiger partial charge is 0.158 e. The van der Waals surface area contributed by atoms with Crippen molar-refractivity contribution in [3.05, 3.63) is 35.9 Å². The van der Waals surface area contributed by atoms with Gasteiger partial charge in [0, 0.05) is 19.7 Å². The molecule has 5 heteroatoms. The second-order valence-corrected chi connectivity index (χ2v) is 2.50. The molecule has 0 spiro atoms. The summed E-state index contributed by atoms with van der Waals surface area (Å²) < 4.78 is 0. The number of amidine groups is 1. The van der Waals surface area contributed by atoms with Crippen molar-refractivity contribution < 1.29 is 0 Å². The maximum absolute atomic E-state index is 7.79. The highest BCUT2D eigenvalue weighted by molar-refractivity contribution is 5.95. The Morgan fingerprint density at radius 1 is 1.14 bits per heavy atom. The van der Waals surface area contributed by atoms with Gasteiger partial charge in [-0.25, -0.2) is 16.0 Å². The average molecular weight is 215 g/mol. The van der Waals surface area contributed by atoms with Crippen LogP contribution in [0.25, 0.3) is 0 Å². The third-order valence-electron chi connectivity index (χ3n) is 1.72. The van der Waals surface area contributed by atoms with Crippen molar-refractivity contribution in [2.75, 3.05) is 14.1 Å². The summed E-state index contributed by atoms with van der Waals surface area (Å²) in [6, 6.07) is 9.54. The predicted molar refractivity (Wildman–Crippen MR) is 60.5 cm³/mol. The highest BCUT2D eigenvalue weighted by Gasteiger charge is 2.06. The fraction of sp³-hybridized carbons (Fsp3) is 0.222. The number of nitrogens with one attached hydrogen (secondary N) is 3. The number of halogens is 1. The van der Waals surface area contributed by atoms with Crippen LogP contribution in [0.1, 0.15) is 5.56 Å². The number of hydrogen-bond donors (Lipinski definition) is 3. The zero-order valence-corrected chi connectivity index (χ0v) is 9.06. The van der Waals surface area contributed by atoms with Gasteiger partial charge in [0.1, 0.15) is 0 Å². The number of hydrogen-bond acceptors (Lipinski definition) is 3. The molecule has 1 aromatic carbocycles. The van der Waals surface area contributed by atoms with Crippen molar-refractivity contribution in [2.24, 2.45) is 0 Å². The lowest BCUT2D eigenvalue weighted by molar-refractivity contribution is 0.265. The van der Waals surface area contributed by atoms with E-state index in [0.717, 1.165) is 5.56 Å². The molecule has 3 N–H and O–H groups in total. The van der Waals surface area contributed by atoms with E-state index in [0.29, 0.717) is 5.84 Å². The molecule has 0 bridgehead atoms.